The van der Waals surface area contributed by atoms with Crippen LogP contribution in [-0.2, 0) is 5.60 Å². The number of nitrogens with zero attached hydrogens (tertiary/aromatic N) is 1. The fourth-order valence-electron chi connectivity index (χ4n) is 1.81. The maximum absolute atomic E-state index is 10.1. The Labute approximate surface area is 83.8 Å². The number of aliphatic hydroxyl groups is 1. The van der Waals surface area contributed by atoms with Gasteiger partial charge < -0.3 is 5.11 Å². The number of hydrogen-bond acceptors (Lipinski definition) is 3. The Bertz CT molecular complexity index is 293. The van der Waals surface area contributed by atoms with Crippen LogP contribution in [0, 0.1) is 5.92 Å². The maximum Gasteiger partial charge on any atom is 0.123 e. The van der Waals surface area contributed by atoms with E-state index in [0.29, 0.717) is 5.92 Å². The molecule has 1 aliphatic rings. The predicted molar refractivity (Wildman–Crippen MR) is 52.1 cm³/mol. The molecule has 66 valence electrons. The maximum atomic E-state index is 10.1. The molecule has 0 unspecified atom stereocenters. The van der Waals surface area contributed by atoms with Crippen molar-refractivity contribution in [2.24, 2.45) is 5.92 Å². The van der Waals surface area contributed by atoms with Crippen molar-refractivity contribution in [1.29, 1.82) is 0 Å². The van der Waals surface area contributed by atoms with E-state index in [2.05, 4.69) is 27.8 Å². The number of rotatable bonds is 1. The molecule has 1 aromatic rings. The van der Waals surface area contributed by atoms with Gasteiger partial charge in [-0.2, -0.15) is 0 Å². The monoisotopic (exact) mass is 247 g/mol. The van der Waals surface area contributed by atoms with Gasteiger partial charge in [-0.1, -0.05) is 6.92 Å². The fourth-order valence-corrected chi connectivity index (χ4v) is 3.50. The first-order valence-electron chi connectivity index (χ1n) is 3.94. The highest BCUT2D eigenvalue weighted by Gasteiger charge is 2.44. The molecule has 12 heavy (non-hydrogen) atoms. The fraction of sp³-hybridized carbons (Fsp3) is 0.625. The molecular weight excluding hydrogens is 238 g/mol. The first-order chi connectivity index (χ1) is 5.62. The molecule has 0 aliphatic heterocycles. The standard InChI is InChI=1S/C8H10BrNOS/c1-5-2-8(11,3-5)6-7(9)10-4-12-6/h4-5,11H,2-3H2,1H3. The number of aromatic nitrogens is 1. The van der Waals surface area contributed by atoms with Gasteiger partial charge in [0.05, 0.1) is 10.4 Å². The Hall–Kier alpha value is 0.0700. The second-order valence-corrected chi connectivity index (χ2v) is 5.12. The summed E-state index contributed by atoms with van der Waals surface area (Å²) >= 11 is 4.86. The average Bonchev–Trinajstić information content (AvgIpc) is 2.32. The minimum absolute atomic E-state index is 0.584. The van der Waals surface area contributed by atoms with Gasteiger partial charge in [0.15, 0.2) is 0 Å². The summed E-state index contributed by atoms with van der Waals surface area (Å²) in [5, 5.41) is 10.1. The minimum Gasteiger partial charge on any atom is -0.384 e. The summed E-state index contributed by atoms with van der Waals surface area (Å²) in [6.45, 7) is 2.16. The molecule has 0 atom stereocenters. The third-order valence-electron chi connectivity index (χ3n) is 2.32. The van der Waals surface area contributed by atoms with Gasteiger partial charge in [0, 0.05) is 0 Å². The summed E-state index contributed by atoms with van der Waals surface area (Å²) in [7, 11) is 0. The highest BCUT2D eigenvalue weighted by Crippen LogP contribution is 2.48. The molecule has 1 saturated carbocycles. The number of hydrogen-bond donors (Lipinski definition) is 1. The molecule has 1 aliphatic carbocycles. The van der Waals surface area contributed by atoms with Crippen molar-refractivity contribution in [3.05, 3.63) is 15.0 Å². The minimum atomic E-state index is -0.584. The molecule has 4 heteroatoms. The third-order valence-corrected chi connectivity index (χ3v) is 4.20. The van der Waals surface area contributed by atoms with E-state index in [1.165, 1.54) is 11.3 Å². The van der Waals surface area contributed by atoms with Gasteiger partial charge >= 0.3 is 0 Å². The van der Waals surface area contributed by atoms with Crippen molar-refractivity contribution in [3.63, 3.8) is 0 Å². The first-order valence-corrected chi connectivity index (χ1v) is 5.61. The van der Waals surface area contributed by atoms with E-state index in [1.54, 1.807) is 5.51 Å². The molecule has 2 rings (SSSR count). The van der Waals surface area contributed by atoms with E-state index in [-0.39, 0.29) is 0 Å². The Morgan fingerprint density at radius 2 is 2.42 bits per heavy atom. The molecule has 1 N–H and O–H groups in total. The van der Waals surface area contributed by atoms with Crippen LogP contribution in [0.4, 0.5) is 0 Å². The summed E-state index contributed by atoms with van der Waals surface area (Å²) in [6, 6.07) is 0. The number of thiazole rings is 1. The highest BCUT2D eigenvalue weighted by atomic mass is 79.9. The lowest BCUT2D eigenvalue weighted by molar-refractivity contribution is -0.0714. The molecule has 1 heterocycles. The zero-order chi connectivity index (χ0) is 8.77. The van der Waals surface area contributed by atoms with Crippen molar-refractivity contribution >= 4 is 27.3 Å². The molecule has 0 aromatic carbocycles. The molecule has 0 spiro atoms. The Morgan fingerprint density at radius 1 is 1.75 bits per heavy atom. The summed E-state index contributed by atoms with van der Waals surface area (Å²) in [5.74, 6) is 0.643. The Kier molecular flexibility index (Phi) is 2.01. The smallest absolute Gasteiger partial charge is 0.123 e. The normalized spacial score (nSPS) is 34.8. The zero-order valence-electron chi connectivity index (χ0n) is 6.75. The van der Waals surface area contributed by atoms with Crippen molar-refractivity contribution in [1.82, 2.24) is 4.98 Å². The molecule has 2 nitrogen and oxygen atoms in total. The SMILES string of the molecule is CC1CC(O)(c2scnc2Br)C1. The van der Waals surface area contributed by atoms with Crippen LogP contribution >= 0.6 is 27.3 Å². The molecule has 0 bridgehead atoms. The second-order valence-electron chi connectivity index (χ2n) is 3.52. The summed E-state index contributed by atoms with van der Waals surface area (Å²) in [4.78, 5) is 5.05. The van der Waals surface area contributed by atoms with Gasteiger partial charge in [0.1, 0.15) is 10.2 Å². The molecule has 0 saturated heterocycles. The van der Waals surface area contributed by atoms with Crippen LogP contribution in [0.3, 0.4) is 0 Å². The first kappa shape index (κ1) is 8.66. The second kappa shape index (κ2) is 2.79. The Morgan fingerprint density at radius 3 is 2.83 bits per heavy atom. The van der Waals surface area contributed by atoms with Crippen LogP contribution in [-0.4, -0.2) is 10.1 Å². The lowest BCUT2D eigenvalue weighted by Crippen LogP contribution is -2.39. The lowest BCUT2D eigenvalue weighted by atomic mass is 9.71. The van der Waals surface area contributed by atoms with E-state index in [1.807, 2.05) is 0 Å². The van der Waals surface area contributed by atoms with Crippen LogP contribution in [0.1, 0.15) is 24.6 Å². The molecule has 1 fully saturated rings. The summed E-state index contributed by atoms with van der Waals surface area (Å²) in [5.41, 5.74) is 1.18. The van der Waals surface area contributed by atoms with E-state index in [0.717, 1.165) is 22.3 Å². The van der Waals surface area contributed by atoms with Crippen molar-refractivity contribution in [2.75, 3.05) is 0 Å². The predicted octanol–water partition coefficient (Wildman–Crippen LogP) is 2.52. The van der Waals surface area contributed by atoms with Crippen LogP contribution in [0.15, 0.2) is 10.1 Å². The van der Waals surface area contributed by atoms with Gasteiger partial charge in [-0.3, -0.25) is 0 Å². The Balaban J connectivity index is 2.26. The van der Waals surface area contributed by atoms with E-state index >= 15 is 0 Å². The summed E-state index contributed by atoms with van der Waals surface area (Å²) < 4.78 is 0.807. The van der Waals surface area contributed by atoms with Crippen LogP contribution in [0.5, 0.6) is 0 Å². The van der Waals surface area contributed by atoms with Crippen molar-refractivity contribution in [3.8, 4) is 0 Å². The van der Waals surface area contributed by atoms with Gasteiger partial charge in [0.25, 0.3) is 0 Å². The zero-order valence-corrected chi connectivity index (χ0v) is 9.15. The van der Waals surface area contributed by atoms with Gasteiger partial charge in [-0.25, -0.2) is 4.98 Å². The average molecular weight is 248 g/mol. The number of halogens is 1. The summed E-state index contributed by atoms with van der Waals surface area (Å²) in [6.07, 6.45) is 1.74. The topological polar surface area (TPSA) is 33.1 Å². The van der Waals surface area contributed by atoms with E-state index in [4.69, 9.17) is 0 Å². The van der Waals surface area contributed by atoms with Crippen LogP contribution in [0.2, 0.25) is 0 Å². The van der Waals surface area contributed by atoms with Crippen molar-refractivity contribution < 1.29 is 5.11 Å². The molecular formula is C8H10BrNOS. The van der Waals surface area contributed by atoms with Gasteiger partial charge in [-0.05, 0) is 34.7 Å². The molecule has 1 aromatic heterocycles. The quantitative estimate of drug-likeness (QED) is 0.828. The lowest BCUT2D eigenvalue weighted by Gasteiger charge is -2.41. The molecule has 0 radical (unpaired) electrons. The van der Waals surface area contributed by atoms with Crippen molar-refractivity contribution in [2.45, 2.75) is 25.4 Å². The van der Waals surface area contributed by atoms with E-state index in [9.17, 15) is 5.11 Å². The van der Waals surface area contributed by atoms with Crippen LogP contribution < -0.4 is 0 Å². The largest absolute Gasteiger partial charge is 0.384 e. The van der Waals surface area contributed by atoms with E-state index < -0.39 is 5.60 Å². The van der Waals surface area contributed by atoms with Crippen LogP contribution in [0.25, 0.3) is 0 Å². The van der Waals surface area contributed by atoms with Gasteiger partial charge in [-0.15, -0.1) is 11.3 Å². The molecule has 0 amide bonds. The highest BCUT2D eigenvalue weighted by molar-refractivity contribution is 9.10. The van der Waals surface area contributed by atoms with Gasteiger partial charge in [0.2, 0.25) is 0 Å². The third kappa shape index (κ3) is 1.22.